The normalized spacial score (nSPS) is 12.4. The standard InChI is InChI=1S/C13H13ClN2/c1-9-5-11(7-12(14)6-9)13(15)10-3-2-4-16-8-10/h2-8,13H,15H2,1H3. The summed E-state index contributed by atoms with van der Waals surface area (Å²) in [6.45, 7) is 2.01. The first-order valence-electron chi connectivity index (χ1n) is 5.09. The molecule has 2 aromatic rings. The highest BCUT2D eigenvalue weighted by atomic mass is 35.5. The molecule has 2 N–H and O–H groups in total. The van der Waals surface area contributed by atoms with Gasteiger partial charge in [-0.25, -0.2) is 0 Å². The molecule has 0 spiro atoms. The van der Waals surface area contributed by atoms with Gasteiger partial charge in [-0.2, -0.15) is 0 Å². The molecule has 2 rings (SSSR count). The molecule has 0 aliphatic heterocycles. The van der Waals surface area contributed by atoms with Crippen LogP contribution in [0.4, 0.5) is 0 Å². The molecule has 2 nitrogen and oxygen atoms in total. The summed E-state index contributed by atoms with van der Waals surface area (Å²) in [4.78, 5) is 4.06. The van der Waals surface area contributed by atoms with Crippen LogP contribution in [0, 0.1) is 6.92 Å². The third-order valence-corrected chi connectivity index (χ3v) is 2.69. The van der Waals surface area contributed by atoms with Gasteiger partial charge in [-0.05, 0) is 41.8 Å². The highest BCUT2D eigenvalue weighted by Gasteiger charge is 2.09. The lowest BCUT2D eigenvalue weighted by atomic mass is 10.00. The molecule has 0 amide bonds. The van der Waals surface area contributed by atoms with E-state index in [1.165, 1.54) is 0 Å². The van der Waals surface area contributed by atoms with E-state index < -0.39 is 0 Å². The first-order chi connectivity index (χ1) is 7.66. The van der Waals surface area contributed by atoms with E-state index >= 15 is 0 Å². The zero-order valence-corrected chi connectivity index (χ0v) is 9.78. The van der Waals surface area contributed by atoms with E-state index in [1.807, 2.05) is 37.3 Å². The Morgan fingerprint density at radius 2 is 2.06 bits per heavy atom. The summed E-state index contributed by atoms with van der Waals surface area (Å²) in [7, 11) is 0. The number of hydrogen-bond donors (Lipinski definition) is 1. The molecule has 82 valence electrons. The van der Waals surface area contributed by atoms with Crippen LogP contribution in [0.25, 0.3) is 0 Å². The van der Waals surface area contributed by atoms with Crippen molar-refractivity contribution in [2.45, 2.75) is 13.0 Å². The second-order valence-corrected chi connectivity index (χ2v) is 4.26. The van der Waals surface area contributed by atoms with Crippen molar-refractivity contribution in [3.05, 3.63) is 64.4 Å². The van der Waals surface area contributed by atoms with Crippen molar-refractivity contribution in [3.63, 3.8) is 0 Å². The van der Waals surface area contributed by atoms with Gasteiger partial charge in [0.25, 0.3) is 0 Å². The predicted molar refractivity (Wildman–Crippen MR) is 66.5 cm³/mol. The number of hydrogen-bond acceptors (Lipinski definition) is 2. The molecule has 0 saturated carbocycles. The SMILES string of the molecule is Cc1cc(Cl)cc(C(N)c2cccnc2)c1. The smallest absolute Gasteiger partial charge is 0.0567 e. The molecule has 1 atom stereocenters. The van der Waals surface area contributed by atoms with Crippen molar-refractivity contribution >= 4 is 11.6 Å². The van der Waals surface area contributed by atoms with Crippen molar-refractivity contribution in [3.8, 4) is 0 Å². The predicted octanol–water partition coefficient (Wildman–Crippen LogP) is 3.09. The van der Waals surface area contributed by atoms with Crippen LogP contribution >= 0.6 is 11.6 Å². The lowest BCUT2D eigenvalue weighted by molar-refractivity contribution is 0.861. The first kappa shape index (κ1) is 11.1. The molecule has 0 radical (unpaired) electrons. The Labute approximate surface area is 100 Å². The van der Waals surface area contributed by atoms with E-state index in [2.05, 4.69) is 4.98 Å². The van der Waals surface area contributed by atoms with Gasteiger partial charge in [0.15, 0.2) is 0 Å². The fourth-order valence-electron chi connectivity index (χ4n) is 1.70. The largest absolute Gasteiger partial charge is 0.320 e. The Bertz CT molecular complexity index is 462. The summed E-state index contributed by atoms with van der Waals surface area (Å²) in [6, 6.07) is 9.53. The molecule has 0 fully saturated rings. The minimum Gasteiger partial charge on any atom is -0.320 e. The summed E-state index contributed by atoms with van der Waals surface area (Å²) < 4.78 is 0. The highest BCUT2D eigenvalue weighted by Crippen LogP contribution is 2.23. The van der Waals surface area contributed by atoms with Gasteiger partial charge in [0.2, 0.25) is 0 Å². The number of pyridine rings is 1. The van der Waals surface area contributed by atoms with Gasteiger partial charge in [0.05, 0.1) is 6.04 Å². The summed E-state index contributed by atoms with van der Waals surface area (Å²) >= 11 is 6.01. The molecule has 0 bridgehead atoms. The van der Waals surface area contributed by atoms with Crippen LogP contribution in [0.3, 0.4) is 0 Å². The summed E-state index contributed by atoms with van der Waals surface area (Å²) in [6.07, 6.45) is 3.51. The van der Waals surface area contributed by atoms with E-state index in [0.29, 0.717) is 5.02 Å². The maximum Gasteiger partial charge on any atom is 0.0567 e. The third-order valence-electron chi connectivity index (χ3n) is 2.47. The maximum atomic E-state index is 6.16. The Morgan fingerprint density at radius 3 is 2.69 bits per heavy atom. The minimum atomic E-state index is -0.175. The number of nitrogens with zero attached hydrogens (tertiary/aromatic N) is 1. The first-order valence-corrected chi connectivity index (χ1v) is 5.47. The number of nitrogens with two attached hydrogens (primary N) is 1. The fraction of sp³-hybridized carbons (Fsp3) is 0.154. The van der Waals surface area contributed by atoms with Crippen molar-refractivity contribution < 1.29 is 0 Å². The quantitative estimate of drug-likeness (QED) is 0.864. The average Bonchev–Trinajstić information content (AvgIpc) is 2.28. The summed E-state index contributed by atoms with van der Waals surface area (Å²) in [5.74, 6) is 0. The van der Waals surface area contributed by atoms with Gasteiger partial charge in [-0.1, -0.05) is 23.7 Å². The van der Waals surface area contributed by atoms with E-state index in [4.69, 9.17) is 17.3 Å². The number of rotatable bonds is 2. The van der Waals surface area contributed by atoms with Gasteiger partial charge in [0, 0.05) is 17.4 Å². The highest BCUT2D eigenvalue weighted by molar-refractivity contribution is 6.30. The topological polar surface area (TPSA) is 38.9 Å². The molecular formula is C13H13ClN2. The lowest BCUT2D eigenvalue weighted by Crippen LogP contribution is -2.12. The Morgan fingerprint density at radius 1 is 1.25 bits per heavy atom. The van der Waals surface area contributed by atoms with E-state index in [9.17, 15) is 0 Å². The Hall–Kier alpha value is -1.38. The van der Waals surface area contributed by atoms with Crippen LogP contribution < -0.4 is 5.73 Å². The monoisotopic (exact) mass is 232 g/mol. The van der Waals surface area contributed by atoms with Crippen molar-refractivity contribution in [2.75, 3.05) is 0 Å². The maximum absolute atomic E-state index is 6.16. The van der Waals surface area contributed by atoms with E-state index in [-0.39, 0.29) is 6.04 Å². The second-order valence-electron chi connectivity index (χ2n) is 3.83. The molecule has 1 heterocycles. The van der Waals surface area contributed by atoms with Crippen LogP contribution in [0.2, 0.25) is 5.02 Å². The lowest BCUT2D eigenvalue weighted by Gasteiger charge is -2.13. The van der Waals surface area contributed by atoms with Gasteiger partial charge >= 0.3 is 0 Å². The minimum absolute atomic E-state index is 0.175. The number of benzene rings is 1. The number of halogens is 1. The average molecular weight is 233 g/mol. The molecule has 1 unspecified atom stereocenters. The number of aryl methyl sites for hydroxylation is 1. The third kappa shape index (κ3) is 2.40. The molecule has 0 aliphatic rings. The molecule has 0 aliphatic carbocycles. The van der Waals surface area contributed by atoms with Gasteiger partial charge < -0.3 is 5.73 Å². The molecule has 1 aromatic carbocycles. The van der Waals surface area contributed by atoms with Crippen molar-refractivity contribution in [1.29, 1.82) is 0 Å². The van der Waals surface area contributed by atoms with Gasteiger partial charge in [-0.3, -0.25) is 4.98 Å². The van der Waals surface area contributed by atoms with Crippen molar-refractivity contribution in [1.82, 2.24) is 4.98 Å². The van der Waals surface area contributed by atoms with Crippen LogP contribution in [-0.2, 0) is 0 Å². The van der Waals surface area contributed by atoms with Gasteiger partial charge in [-0.15, -0.1) is 0 Å². The molecule has 0 saturated heterocycles. The second kappa shape index (κ2) is 4.64. The van der Waals surface area contributed by atoms with Crippen LogP contribution in [0.15, 0.2) is 42.7 Å². The van der Waals surface area contributed by atoms with Crippen LogP contribution in [0.5, 0.6) is 0 Å². The van der Waals surface area contributed by atoms with Gasteiger partial charge in [0.1, 0.15) is 0 Å². The molecule has 3 heteroatoms. The molecular weight excluding hydrogens is 220 g/mol. The van der Waals surface area contributed by atoms with E-state index in [1.54, 1.807) is 12.4 Å². The fourth-order valence-corrected chi connectivity index (χ4v) is 1.99. The zero-order chi connectivity index (χ0) is 11.5. The van der Waals surface area contributed by atoms with Crippen LogP contribution in [-0.4, -0.2) is 4.98 Å². The molecule has 1 aromatic heterocycles. The van der Waals surface area contributed by atoms with Crippen LogP contribution in [0.1, 0.15) is 22.7 Å². The Kier molecular flexibility index (Phi) is 3.22. The molecule has 16 heavy (non-hydrogen) atoms. The number of aromatic nitrogens is 1. The zero-order valence-electron chi connectivity index (χ0n) is 9.02. The summed E-state index contributed by atoms with van der Waals surface area (Å²) in [5, 5.41) is 0.717. The summed E-state index contributed by atoms with van der Waals surface area (Å²) in [5.41, 5.74) is 9.27. The van der Waals surface area contributed by atoms with E-state index in [0.717, 1.165) is 16.7 Å². The Balaban J connectivity index is 2.37. The van der Waals surface area contributed by atoms with Crippen molar-refractivity contribution in [2.24, 2.45) is 5.73 Å².